The molecule has 10 nitrogen and oxygen atoms in total. The van der Waals surface area contributed by atoms with Crippen molar-refractivity contribution in [1.82, 2.24) is 29.1 Å². The van der Waals surface area contributed by atoms with E-state index >= 15 is 0 Å². The van der Waals surface area contributed by atoms with Gasteiger partial charge in [-0.25, -0.2) is 9.52 Å². The molecule has 1 aromatic carbocycles. The maximum Gasteiger partial charge on any atom is 0.333 e. The van der Waals surface area contributed by atoms with Crippen molar-refractivity contribution >= 4 is 39.0 Å². The third kappa shape index (κ3) is 3.70. The van der Waals surface area contributed by atoms with Crippen LogP contribution in [0.1, 0.15) is 36.4 Å². The predicted molar refractivity (Wildman–Crippen MR) is 125 cm³/mol. The zero-order chi connectivity index (χ0) is 23.4. The van der Waals surface area contributed by atoms with Crippen molar-refractivity contribution in [2.75, 3.05) is 5.32 Å². The lowest BCUT2D eigenvalue weighted by Crippen LogP contribution is -2.35. The van der Waals surface area contributed by atoms with E-state index in [2.05, 4.69) is 25.3 Å². The van der Waals surface area contributed by atoms with E-state index in [-0.39, 0.29) is 11.1 Å². The van der Waals surface area contributed by atoms with E-state index in [0.717, 1.165) is 48.8 Å². The summed E-state index contributed by atoms with van der Waals surface area (Å²) in [7, 11) is -4.14. The lowest BCUT2D eigenvalue weighted by molar-refractivity contribution is 0.256. The number of amides is 2. The Kier molecular flexibility index (Phi) is 4.85. The lowest BCUT2D eigenvalue weighted by atomic mass is 9.97. The number of halogens is 1. The average molecular weight is 498 g/mol. The highest BCUT2D eigenvalue weighted by atomic mass is 35.5. The first-order valence-corrected chi connectivity index (χ1v) is 12.8. The number of nitrogens with one attached hydrogen (secondary N) is 2. The van der Waals surface area contributed by atoms with E-state index in [1.54, 1.807) is 27.8 Å². The smallest absolute Gasteiger partial charge is 0.306 e. The summed E-state index contributed by atoms with van der Waals surface area (Å²) in [4.78, 5) is 12.9. The molecule has 0 bridgehead atoms. The summed E-state index contributed by atoms with van der Waals surface area (Å²) in [5.41, 5.74) is 4.46. The molecule has 2 aliphatic rings. The Morgan fingerprint density at radius 3 is 2.82 bits per heavy atom. The minimum absolute atomic E-state index is 0.191. The Balaban J connectivity index is 1.35. The SMILES string of the molecule is O=C(Nc1c2c(cc(Cl)c1-c1ccn3cnnc3c1)CCC2)NS(=O)(=O)c1ccn(C2CC2)n1. The highest BCUT2D eigenvalue weighted by Gasteiger charge is 2.29. The quantitative estimate of drug-likeness (QED) is 0.434. The van der Waals surface area contributed by atoms with Gasteiger partial charge in [0.2, 0.25) is 0 Å². The second-order valence-corrected chi connectivity index (χ2v) is 10.6. The average Bonchev–Trinajstić information content (AvgIpc) is 3.19. The third-order valence-corrected chi connectivity index (χ3v) is 7.71. The monoisotopic (exact) mass is 497 g/mol. The standard InChI is InChI=1S/C22H20ClN7O3S/c23-17-10-13-2-1-3-16(13)21(20(17)14-6-8-29-12-24-26-18(29)11-14)25-22(31)28-34(32,33)19-7-9-30(27-19)15-4-5-15/h6-12,15H,1-5H2,(H2,25,28,31). The van der Waals surface area contributed by atoms with Crippen molar-refractivity contribution in [3.05, 3.63) is 59.1 Å². The van der Waals surface area contributed by atoms with E-state index in [1.165, 1.54) is 6.07 Å². The van der Waals surface area contributed by atoms with Crippen molar-refractivity contribution in [1.29, 1.82) is 0 Å². The number of hydrogen-bond donors (Lipinski definition) is 2. The van der Waals surface area contributed by atoms with Crippen LogP contribution in [-0.2, 0) is 22.9 Å². The fourth-order valence-corrected chi connectivity index (χ4v) is 5.60. The van der Waals surface area contributed by atoms with E-state index in [4.69, 9.17) is 11.6 Å². The van der Waals surface area contributed by atoms with Crippen LogP contribution in [0, 0.1) is 0 Å². The molecule has 0 aliphatic heterocycles. The molecule has 2 aliphatic carbocycles. The van der Waals surface area contributed by atoms with Crippen LogP contribution in [0.25, 0.3) is 16.8 Å². The van der Waals surface area contributed by atoms with Crippen LogP contribution in [0.4, 0.5) is 10.5 Å². The number of aryl methyl sites for hydroxylation is 1. The van der Waals surface area contributed by atoms with Crippen molar-refractivity contribution in [3.63, 3.8) is 0 Å². The fraction of sp³-hybridized carbons (Fsp3) is 0.273. The molecule has 2 N–H and O–H groups in total. The van der Waals surface area contributed by atoms with Crippen molar-refractivity contribution in [3.8, 4) is 11.1 Å². The molecule has 12 heteroatoms. The third-order valence-electron chi connectivity index (χ3n) is 6.19. The largest absolute Gasteiger partial charge is 0.333 e. The number of fused-ring (bicyclic) bond motifs is 2. The Hall–Kier alpha value is -3.44. The summed E-state index contributed by atoms with van der Waals surface area (Å²) in [6, 6.07) is 6.34. The molecule has 0 radical (unpaired) electrons. The van der Waals surface area contributed by atoms with Gasteiger partial charge in [0.15, 0.2) is 10.7 Å². The summed E-state index contributed by atoms with van der Waals surface area (Å²) < 4.78 is 31.0. The zero-order valence-electron chi connectivity index (χ0n) is 17.9. The number of carbonyl (C=O) groups excluding carboxylic acids is 1. The van der Waals surface area contributed by atoms with Crippen molar-refractivity contribution < 1.29 is 13.2 Å². The number of rotatable bonds is 5. The lowest BCUT2D eigenvalue weighted by Gasteiger charge is -2.18. The van der Waals surface area contributed by atoms with Crippen molar-refractivity contribution in [2.24, 2.45) is 0 Å². The normalized spacial score (nSPS) is 15.4. The maximum atomic E-state index is 12.9. The second-order valence-electron chi connectivity index (χ2n) is 8.54. The number of pyridine rings is 1. The number of carbonyl (C=O) groups is 1. The van der Waals surface area contributed by atoms with Gasteiger partial charge in [0, 0.05) is 18.0 Å². The predicted octanol–water partition coefficient (Wildman–Crippen LogP) is 3.58. The molecule has 3 heterocycles. The molecular formula is C22H20ClN7O3S. The van der Waals surface area contributed by atoms with Gasteiger partial charge in [-0.05, 0) is 73.1 Å². The van der Waals surface area contributed by atoms with Crippen LogP contribution in [0.3, 0.4) is 0 Å². The van der Waals surface area contributed by atoms with Gasteiger partial charge < -0.3 is 5.32 Å². The summed E-state index contributed by atoms with van der Waals surface area (Å²) in [5, 5.41) is 15.1. The Labute approximate surface area is 200 Å². The molecule has 174 valence electrons. The molecule has 0 atom stereocenters. The van der Waals surface area contributed by atoms with Crippen LogP contribution in [-0.4, -0.2) is 38.8 Å². The molecule has 6 rings (SSSR count). The molecule has 1 fully saturated rings. The van der Waals surface area contributed by atoms with Gasteiger partial charge in [0.05, 0.1) is 16.8 Å². The second kappa shape index (κ2) is 7.81. The highest BCUT2D eigenvalue weighted by molar-refractivity contribution is 7.90. The van der Waals surface area contributed by atoms with Gasteiger partial charge in [0.1, 0.15) is 6.33 Å². The molecule has 4 aromatic rings. The van der Waals surface area contributed by atoms with Crippen LogP contribution in [0.2, 0.25) is 5.02 Å². The minimum atomic E-state index is -4.14. The Morgan fingerprint density at radius 2 is 2.00 bits per heavy atom. The molecule has 34 heavy (non-hydrogen) atoms. The van der Waals surface area contributed by atoms with E-state index in [1.807, 2.05) is 18.2 Å². The van der Waals surface area contributed by atoms with Gasteiger partial charge >= 0.3 is 6.03 Å². The minimum Gasteiger partial charge on any atom is -0.306 e. The Bertz CT molecular complexity index is 1560. The number of anilines is 1. The Morgan fingerprint density at radius 1 is 1.15 bits per heavy atom. The van der Waals surface area contributed by atoms with Gasteiger partial charge in [-0.15, -0.1) is 10.2 Å². The van der Waals surface area contributed by atoms with Gasteiger partial charge in [-0.3, -0.25) is 9.08 Å². The number of urea groups is 1. The molecule has 0 spiro atoms. The van der Waals surface area contributed by atoms with Gasteiger partial charge in [0.25, 0.3) is 10.0 Å². The fourth-order valence-electron chi connectivity index (χ4n) is 4.42. The molecule has 3 aromatic heterocycles. The maximum absolute atomic E-state index is 12.9. The van der Waals surface area contributed by atoms with E-state index in [9.17, 15) is 13.2 Å². The number of hydrogen-bond acceptors (Lipinski definition) is 6. The number of sulfonamides is 1. The summed E-state index contributed by atoms with van der Waals surface area (Å²) in [6.45, 7) is 0. The molecular weight excluding hydrogens is 478 g/mol. The number of benzene rings is 1. The van der Waals surface area contributed by atoms with Gasteiger partial charge in [-0.2, -0.15) is 13.5 Å². The first-order chi connectivity index (χ1) is 16.4. The van der Waals surface area contributed by atoms with E-state index in [0.29, 0.717) is 21.9 Å². The molecule has 2 amide bonds. The first-order valence-electron chi connectivity index (χ1n) is 10.9. The summed E-state index contributed by atoms with van der Waals surface area (Å²) >= 11 is 6.68. The topological polar surface area (TPSA) is 123 Å². The zero-order valence-corrected chi connectivity index (χ0v) is 19.5. The summed E-state index contributed by atoms with van der Waals surface area (Å²) in [6.07, 6.45) is 9.46. The first kappa shape index (κ1) is 21.1. The molecule has 0 saturated heterocycles. The van der Waals surface area contributed by atoms with E-state index < -0.39 is 16.1 Å². The number of nitrogens with zero attached hydrogens (tertiary/aromatic N) is 5. The molecule has 1 saturated carbocycles. The van der Waals surface area contributed by atoms with Crippen LogP contribution >= 0.6 is 11.6 Å². The van der Waals surface area contributed by atoms with Gasteiger partial charge in [-0.1, -0.05) is 11.6 Å². The van der Waals surface area contributed by atoms with Crippen LogP contribution in [0.15, 0.2) is 48.0 Å². The summed E-state index contributed by atoms with van der Waals surface area (Å²) in [5.74, 6) is 0. The van der Waals surface area contributed by atoms with Crippen LogP contribution in [0.5, 0.6) is 0 Å². The molecule has 0 unspecified atom stereocenters. The van der Waals surface area contributed by atoms with Crippen LogP contribution < -0.4 is 10.0 Å². The number of aromatic nitrogens is 5. The highest BCUT2D eigenvalue weighted by Crippen LogP contribution is 2.42. The van der Waals surface area contributed by atoms with Crippen molar-refractivity contribution in [2.45, 2.75) is 43.2 Å².